The van der Waals surface area contributed by atoms with Gasteiger partial charge in [-0.15, -0.1) is 0 Å². The predicted molar refractivity (Wildman–Crippen MR) is 41.2 cm³/mol. The summed E-state index contributed by atoms with van der Waals surface area (Å²) in [5.74, 6) is -0.355. The number of amides is 1. The Morgan fingerprint density at radius 2 is 2.10 bits per heavy atom. The van der Waals surface area contributed by atoms with Crippen LogP contribution in [0.3, 0.4) is 0 Å². The van der Waals surface area contributed by atoms with Crippen LogP contribution >= 0.6 is 0 Å². The van der Waals surface area contributed by atoms with Crippen LogP contribution in [0, 0.1) is 0 Å². The van der Waals surface area contributed by atoms with Gasteiger partial charge >= 0.3 is 0 Å². The van der Waals surface area contributed by atoms with Gasteiger partial charge in [0.2, 0.25) is 5.91 Å². The number of hydrogen-bond acceptors (Lipinski definition) is 2. The van der Waals surface area contributed by atoms with Crippen molar-refractivity contribution in [3.63, 3.8) is 0 Å². The molecule has 0 saturated carbocycles. The van der Waals surface area contributed by atoms with Gasteiger partial charge in [0.05, 0.1) is 0 Å². The third-order valence-corrected chi connectivity index (χ3v) is 1.48. The number of nitrogens with one attached hydrogen (secondary N) is 1. The van der Waals surface area contributed by atoms with Crippen molar-refractivity contribution in [2.24, 2.45) is 5.73 Å². The third kappa shape index (κ3) is 2.09. The number of hydrogen-bond donors (Lipinski definition) is 2. The maximum Gasteiger partial charge on any atom is 0.246 e. The highest BCUT2D eigenvalue weighted by molar-refractivity contribution is 5.91. The maximum absolute atomic E-state index is 10.6. The molecule has 10 heavy (non-hydrogen) atoms. The molecule has 3 N–H and O–H groups in total. The number of carbonyl (C=O) groups is 1. The number of primary amides is 1. The fourth-order valence-electron chi connectivity index (χ4n) is 0.778. The monoisotopic (exact) mass is 142 g/mol. The first-order chi connectivity index (χ1) is 4.63. The van der Waals surface area contributed by atoms with E-state index in [9.17, 15) is 4.79 Å². The van der Waals surface area contributed by atoms with E-state index in [0.717, 1.165) is 12.1 Å². The van der Waals surface area contributed by atoms with Crippen molar-refractivity contribution in [3.8, 4) is 0 Å². The quantitative estimate of drug-likeness (QED) is 0.559. The van der Waals surface area contributed by atoms with E-state index in [-0.39, 0.29) is 5.91 Å². The van der Waals surface area contributed by atoms with Gasteiger partial charge in [-0.05, 0) is 13.3 Å². The Bertz CT molecular complexity index is 155. The summed E-state index contributed by atoms with van der Waals surface area (Å²) in [5.41, 5.74) is 6.58. The van der Waals surface area contributed by atoms with Crippen LogP contribution in [0.15, 0.2) is 11.3 Å². The molecule has 0 atom stereocenters. The van der Waals surface area contributed by atoms with Gasteiger partial charge in [-0.25, -0.2) is 0 Å². The molecule has 3 nitrogen and oxygen atoms in total. The summed E-state index contributed by atoms with van der Waals surface area (Å²) < 4.78 is 0. The molecule has 0 heterocycles. The van der Waals surface area contributed by atoms with Crippen LogP contribution < -0.4 is 11.1 Å². The zero-order valence-electron chi connectivity index (χ0n) is 6.69. The summed E-state index contributed by atoms with van der Waals surface area (Å²) in [6.45, 7) is 3.69. The van der Waals surface area contributed by atoms with E-state index >= 15 is 0 Å². The molecule has 0 bridgehead atoms. The lowest BCUT2D eigenvalue weighted by atomic mass is 10.2. The third-order valence-electron chi connectivity index (χ3n) is 1.48. The molecule has 0 spiro atoms. The second kappa shape index (κ2) is 3.93. The van der Waals surface area contributed by atoms with Crippen LogP contribution in [0.5, 0.6) is 0 Å². The van der Waals surface area contributed by atoms with E-state index in [1.54, 1.807) is 14.0 Å². The number of allylic oxidation sites excluding steroid dienone is 1. The highest BCUT2D eigenvalue weighted by Crippen LogP contribution is 2.02. The highest BCUT2D eigenvalue weighted by atomic mass is 16.1. The van der Waals surface area contributed by atoms with Crippen molar-refractivity contribution in [1.29, 1.82) is 0 Å². The fraction of sp³-hybridized carbons (Fsp3) is 0.571. The molecule has 1 amide bonds. The number of nitrogens with two attached hydrogens (primary N) is 1. The van der Waals surface area contributed by atoms with Crippen molar-refractivity contribution in [2.45, 2.75) is 20.3 Å². The molecule has 0 radical (unpaired) electrons. The van der Waals surface area contributed by atoms with Crippen LogP contribution in [0.2, 0.25) is 0 Å². The van der Waals surface area contributed by atoms with Gasteiger partial charge in [-0.2, -0.15) is 0 Å². The Morgan fingerprint density at radius 1 is 1.60 bits per heavy atom. The first kappa shape index (κ1) is 9.01. The normalized spacial score (nSPS) is 12.3. The SMILES string of the molecule is CC/C(NC)=C(\C)C(N)=O. The number of carbonyl (C=O) groups excluding carboxylic acids is 1. The second-order valence-electron chi connectivity index (χ2n) is 2.07. The predicted octanol–water partition coefficient (Wildman–Crippen LogP) is 0.375. The molecule has 58 valence electrons. The van der Waals surface area contributed by atoms with E-state index in [2.05, 4.69) is 5.32 Å². The maximum atomic E-state index is 10.6. The molecule has 0 unspecified atom stereocenters. The Balaban J connectivity index is 4.43. The first-order valence-electron chi connectivity index (χ1n) is 3.30. The smallest absolute Gasteiger partial charge is 0.246 e. The van der Waals surface area contributed by atoms with E-state index in [0.29, 0.717) is 5.57 Å². The van der Waals surface area contributed by atoms with Crippen molar-refractivity contribution >= 4 is 5.91 Å². The molecule has 0 aromatic carbocycles. The lowest BCUT2D eigenvalue weighted by molar-refractivity contribution is -0.114. The average Bonchev–Trinajstić information content (AvgIpc) is 1.90. The molecule has 0 aliphatic heterocycles. The molecule has 0 aliphatic rings. The molecule has 0 saturated heterocycles. The zero-order valence-corrected chi connectivity index (χ0v) is 6.69. The van der Waals surface area contributed by atoms with Gasteiger partial charge in [0.25, 0.3) is 0 Å². The van der Waals surface area contributed by atoms with E-state index in [4.69, 9.17) is 5.73 Å². The Morgan fingerprint density at radius 3 is 2.20 bits per heavy atom. The molecule has 0 aromatic rings. The van der Waals surface area contributed by atoms with Crippen LogP contribution in [-0.4, -0.2) is 13.0 Å². The summed E-state index contributed by atoms with van der Waals surface area (Å²) in [6.07, 6.45) is 0.811. The van der Waals surface area contributed by atoms with Crippen LogP contribution in [0.4, 0.5) is 0 Å². The molecule has 0 aromatic heterocycles. The minimum atomic E-state index is -0.355. The summed E-state index contributed by atoms with van der Waals surface area (Å²) in [6, 6.07) is 0. The number of rotatable bonds is 3. The highest BCUT2D eigenvalue weighted by Gasteiger charge is 2.02. The topological polar surface area (TPSA) is 55.1 Å². The fourth-order valence-corrected chi connectivity index (χ4v) is 0.778. The average molecular weight is 142 g/mol. The van der Waals surface area contributed by atoms with E-state index in [1.807, 2.05) is 6.92 Å². The van der Waals surface area contributed by atoms with Crippen LogP contribution in [0.25, 0.3) is 0 Å². The van der Waals surface area contributed by atoms with Crippen molar-refractivity contribution in [3.05, 3.63) is 11.3 Å². The minimum Gasteiger partial charge on any atom is -0.391 e. The van der Waals surface area contributed by atoms with Crippen molar-refractivity contribution in [1.82, 2.24) is 5.32 Å². The van der Waals surface area contributed by atoms with Crippen molar-refractivity contribution in [2.75, 3.05) is 7.05 Å². The standard InChI is InChI=1S/C7H14N2O/c1-4-6(9-3)5(2)7(8)10/h9H,4H2,1-3H3,(H2,8,10)/b6-5-. The molecule has 3 heteroatoms. The van der Waals surface area contributed by atoms with E-state index < -0.39 is 0 Å². The summed E-state index contributed by atoms with van der Waals surface area (Å²) in [4.78, 5) is 10.6. The lowest BCUT2D eigenvalue weighted by Crippen LogP contribution is -2.18. The Labute approximate surface area is 61.3 Å². The Hall–Kier alpha value is -0.990. The lowest BCUT2D eigenvalue weighted by Gasteiger charge is -2.05. The summed E-state index contributed by atoms with van der Waals surface area (Å²) in [5, 5.41) is 2.91. The van der Waals surface area contributed by atoms with Crippen LogP contribution in [0.1, 0.15) is 20.3 Å². The van der Waals surface area contributed by atoms with Gasteiger partial charge in [0.15, 0.2) is 0 Å². The second-order valence-corrected chi connectivity index (χ2v) is 2.07. The van der Waals surface area contributed by atoms with Gasteiger partial charge in [-0.1, -0.05) is 6.92 Å². The van der Waals surface area contributed by atoms with Gasteiger partial charge in [0.1, 0.15) is 0 Å². The molecular formula is C7H14N2O. The first-order valence-corrected chi connectivity index (χ1v) is 3.30. The summed E-state index contributed by atoms with van der Waals surface area (Å²) >= 11 is 0. The van der Waals surface area contributed by atoms with E-state index in [1.165, 1.54) is 0 Å². The van der Waals surface area contributed by atoms with Crippen LogP contribution in [-0.2, 0) is 4.79 Å². The van der Waals surface area contributed by atoms with Gasteiger partial charge in [-0.3, -0.25) is 4.79 Å². The largest absolute Gasteiger partial charge is 0.391 e. The minimum absolute atomic E-state index is 0.355. The zero-order chi connectivity index (χ0) is 8.15. The molecule has 0 aliphatic carbocycles. The Kier molecular flexibility index (Phi) is 3.54. The van der Waals surface area contributed by atoms with Gasteiger partial charge < -0.3 is 11.1 Å². The van der Waals surface area contributed by atoms with Gasteiger partial charge in [0, 0.05) is 18.3 Å². The molecular weight excluding hydrogens is 128 g/mol. The molecule has 0 fully saturated rings. The molecule has 0 rings (SSSR count). The summed E-state index contributed by atoms with van der Waals surface area (Å²) in [7, 11) is 1.78. The van der Waals surface area contributed by atoms with Crippen molar-refractivity contribution < 1.29 is 4.79 Å².